The van der Waals surface area contributed by atoms with Gasteiger partial charge in [-0.2, -0.15) is 18.3 Å². The van der Waals surface area contributed by atoms with E-state index in [1.165, 1.54) is 12.5 Å². The molecule has 18 heteroatoms. The first-order valence-corrected chi connectivity index (χ1v) is 26.7. The van der Waals surface area contributed by atoms with Gasteiger partial charge < -0.3 is 41.1 Å². The van der Waals surface area contributed by atoms with Gasteiger partial charge in [0, 0.05) is 92.5 Å². The topological polar surface area (TPSA) is 204 Å². The number of nitrogens with one attached hydrogen (secondary N) is 8. The highest BCUT2D eigenvalue weighted by Gasteiger charge is 2.31. The molecule has 0 atom stereocenters. The van der Waals surface area contributed by atoms with Gasteiger partial charge in [0.15, 0.2) is 11.6 Å². The van der Waals surface area contributed by atoms with Crippen LogP contribution in [-0.4, -0.2) is 71.1 Å². The molecule has 0 aliphatic carbocycles. The Morgan fingerprint density at radius 2 is 1.20 bits per heavy atom. The van der Waals surface area contributed by atoms with Gasteiger partial charge in [-0.15, -0.1) is 10.2 Å². The number of aryl methyl sites for hydroxylation is 1. The number of halogens is 3. The van der Waals surface area contributed by atoms with Crippen LogP contribution < -0.4 is 21.3 Å². The van der Waals surface area contributed by atoms with E-state index in [4.69, 9.17) is 0 Å². The molecule has 1 saturated heterocycles. The highest BCUT2D eigenvalue weighted by Crippen LogP contribution is 2.39. The number of aromatic amines is 4. The Morgan fingerprint density at radius 1 is 0.598 bits per heavy atom. The lowest BCUT2D eigenvalue weighted by atomic mass is 10.0. The van der Waals surface area contributed by atoms with Crippen LogP contribution in [-0.2, 0) is 15.8 Å². The molecule has 82 heavy (non-hydrogen) atoms. The first-order chi connectivity index (χ1) is 39.8. The van der Waals surface area contributed by atoms with Crippen LogP contribution in [0.5, 0.6) is 0 Å². The number of amides is 3. The summed E-state index contributed by atoms with van der Waals surface area (Å²) in [6.07, 6.45) is 4.31. The largest absolute Gasteiger partial charge is 0.416 e. The third kappa shape index (κ3) is 11.0. The molecule has 7 heterocycles. The smallest absolute Gasteiger partial charge is 0.362 e. The molecule has 1 fully saturated rings. The fourth-order valence-electron chi connectivity index (χ4n) is 10.5. The number of carbonyl (C=O) groups excluding carboxylic acids is 3. The molecule has 408 valence electrons. The number of piperidine rings is 1. The molecular weight excluding hydrogens is 1040 g/mol. The Bertz CT molecular complexity index is 4130. The number of likely N-dealkylation sites (tertiary alicyclic amines) is 1. The van der Waals surface area contributed by atoms with Crippen molar-refractivity contribution in [3.8, 4) is 45.3 Å². The van der Waals surface area contributed by atoms with E-state index < -0.39 is 11.7 Å². The third-order valence-corrected chi connectivity index (χ3v) is 14.6. The summed E-state index contributed by atoms with van der Waals surface area (Å²) in [5, 5.41) is 28.5. The molecule has 0 unspecified atom stereocenters. The van der Waals surface area contributed by atoms with Crippen LogP contribution in [0.25, 0.3) is 68.6 Å². The van der Waals surface area contributed by atoms with E-state index in [-0.39, 0.29) is 17.7 Å². The number of hydrogen-bond donors (Lipinski definition) is 8. The zero-order valence-electron chi connectivity index (χ0n) is 44.4. The normalized spacial score (nSPS) is 14.7. The van der Waals surface area contributed by atoms with Crippen molar-refractivity contribution in [2.45, 2.75) is 39.3 Å². The van der Waals surface area contributed by atoms with E-state index in [9.17, 15) is 27.6 Å². The minimum atomic E-state index is -4.42. The summed E-state index contributed by atoms with van der Waals surface area (Å²) in [5.41, 5.74) is 15.0. The number of H-pyrrole nitrogens is 4. The highest BCUT2D eigenvalue weighted by atomic mass is 19.4. The molecule has 3 amide bonds. The molecule has 6 aromatic carbocycles. The van der Waals surface area contributed by atoms with Crippen LogP contribution in [0.2, 0.25) is 0 Å². The van der Waals surface area contributed by atoms with Gasteiger partial charge in [0.25, 0.3) is 17.7 Å². The minimum absolute atomic E-state index is 0.0663. The van der Waals surface area contributed by atoms with Gasteiger partial charge in [0.2, 0.25) is 0 Å². The lowest BCUT2D eigenvalue weighted by Gasteiger charge is -2.27. The molecular formula is C64H53F3N12O3. The van der Waals surface area contributed by atoms with Crippen molar-refractivity contribution in [2.75, 3.05) is 34.4 Å². The van der Waals surface area contributed by atoms with E-state index in [2.05, 4.69) is 56.6 Å². The first kappa shape index (κ1) is 52.2. The number of anilines is 6. The number of hydrogen-bond acceptors (Lipinski definition) is 8. The van der Waals surface area contributed by atoms with Crippen LogP contribution in [0.3, 0.4) is 0 Å². The fraction of sp³-hybridized carbons (Fsp3) is 0.125. The van der Waals surface area contributed by atoms with Gasteiger partial charge in [-0.1, -0.05) is 78.9 Å². The van der Waals surface area contributed by atoms with Gasteiger partial charge in [0.05, 0.1) is 45.0 Å². The monoisotopic (exact) mass is 1090 g/mol. The molecule has 8 N–H and O–H groups in total. The number of nitrogens with zero attached hydrogens (tertiary/aromatic N) is 4. The Morgan fingerprint density at radius 3 is 1.85 bits per heavy atom. The van der Waals surface area contributed by atoms with Crippen LogP contribution >= 0.6 is 0 Å². The number of alkyl halides is 3. The van der Waals surface area contributed by atoms with Crippen molar-refractivity contribution >= 4 is 75.1 Å². The maximum Gasteiger partial charge on any atom is 0.416 e. The van der Waals surface area contributed by atoms with Crippen molar-refractivity contribution in [1.82, 2.24) is 40.2 Å². The molecule has 0 bridgehead atoms. The molecule has 0 radical (unpaired) electrons. The molecule has 4 aromatic heterocycles. The molecule has 10 aromatic rings. The van der Waals surface area contributed by atoms with Crippen molar-refractivity contribution in [2.24, 2.45) is 0 Å². The minimum Gasteiger partial charge on any atom is -0.362 e. The molecule has 3 aliphatic rings. The second-order valence-corrected chi connectivity index (χ2v) is 20.2. The van der Waals surface area contributed by atoms with Gasteiger partial charge in [-0.05, 0) is 130 Å². The Hall–Kier alpha value is -10.5. The maximum absolute atomic E-state index is 13.3. The number of carbonyl (C=O) groups is 3. The van der Waals surface area contributed by atoms with Gasteiger partial charge >= 0.3 is 6.18 Å². The van der Waals surface area contributed by atoms with Crippen molar-refractivity contribution in [1.29, 1.82) is 0 Å². The van der Waals surface area contributed by atoms with E-state index in [0.717, 1.165) is 117 Å². The predicted molar refractivity (Wildman–Crippen MR) is 315 cm³/mol. The van der Waals surface area contributed by atoms with Gasteiger partial charge in [0.1, 0.15) is 0 Å². The second kappa shape index (κ2) is 22.0. The van der Waals surface area contributed by atoms with Crippen LogP contribution in [0.15, 0.2) is 164 Å². The standard InChI is InChI=1S/C35H33N7O2.C29H20F3N5O/c1-21-29(36-22(2)31(21)35(44)42-16-7-4-8-17-42)20-28-27-15-14-26(19-30(27)38-34(28)43)37-25-13-9-12-24(18-25)33-39-32(40-41-33)23-10-5-3-6-11-23;30-29(31,32)19-6-1-4-17(12-19)25-16-26(37-36-25)18-5-2-7-21(13-18)34-22-9-10-23-24(14-20-8-3-11-33-20)28(38)35-27(23)15-22/h3,5-6,9-15,18-20,36-37H,4,7-8,16-17H2,1-2H3,(H,38,43)(H,39,40,41);1-16,33-34H,(H,35,38)(H,36,37)/b28-20-;24-14-. The number of rotatable bonds is 11. The molecule has 15 nitrogen and oxygen atoms in total. The fourth-order valence-corrected chi connectivity index (χ4v) is 10.5. The summed E-state index contributed by atoms with van der Waals surface area (Å²) in [6, 6.07) is 47.5. The maximum atomic E-state index is 13.3. The summed E-state index contributed by atoms with van der Waals surface area (Å²) in [4.78, 5) is 50.6. The first-order valence-electron chi connectivity index (χ1n) is 26.7. The lowest BCUT2D eigenvalue weighted by Crippen LogP contribution is -2.36. The van der Waals surface area contributed by atoms with Crippen LogP contribution in [0.4, 0.5) is 47.3 Å². The third-order valence-electron chi connectivity index (χ3n) is 14.6. The van der Waals surface area contributed by atoms with Crippen molar-refractivity contribution in [3.63, 3.8) is 0 Å². The predicted octanol–water partition coefficient (Wildman–Crippen LogP) is 14.3. The van der Waals surface area contributed by atoms with Crippen LogP contribution in [0.1, 0.15) is 69.0 Å². The SMILES string of the molecule is Cc1[nH]c(/C=C2\C(=O)Nc3cc(Nc4cccc(-c5nnc(-c6ccccc6)[nH]5)c4)ccc32)c(C)c1C(=O)N1CCCCC1.O=C1Nc2cc(Nc3cccc(-c4cc(-c5cccc(C(F)(F)F)c5)n[nH]4)c3)ccc2/C1=C/c1ccc[nH]1. The number of aromatic nitrogens is 7. The van der Waals surface area contributed by atoms with Gasteiger partial charge in [-0.3, -0.25) is 19.5 Å². The summed E-state index contributed by atoms with van der Waals surface area (Å²) >= 11 is 0. The van der Waals surface area contributed by atoms with E-state index in [1.54, 1.807) is 18.3 Å². The molecule has 13 rings (SSSR count). The van der Waals surface area contributed by atoms with E-state index >= 15 is 0 Å². The Balaban J connectivity index is 0.000000164. The Labute approximate surface area is 468 Å². The molecule has 3 aliphatic heterocycles. The van der Waals surface area contributed by atoms with Crippen molar-refractivity contribution < 1.29 is 27.6 Å². The Kier molecular flexibility index (Phi) is 14.0. The zero-order chi connectivity index (χ0) is 56.5. The van der Waals surface area contributed by atoms with E-state index in [1.807, 2.05) is 158 Å². The van der Waals surface area contributed by atoms with E-state index in [0.29, 0.717) is 51.0 Å². The summed E-state index contributed by atoms with van der Waals surface area (Å²) in [7, 11) is 0. The quantitative estimate of drug-likeness (QED) is 0.0584. The highest BCUT2D eigenvalue weighted by molar-refractivity contribution is 6.35. The summed E-state index contributed by atoms with van der Waals surface area (Å²) in [5.74, 6) is 1.13. The average molecular weight is 1100 g/mol. The average Bonchev–Trinajstić information content (AvgIpc) is 4.40. The number of fused-ring (bicyclic) bond motifs is 2. The summed E-state index contributed by atoms with van der Waals surface area (Å²) in [6.45, 7) is 5.46. The summed E-state index contributed by atoms with van der Waals surface area (Å²) < 4.78 is 39.3. The number of benzene rings is 6. The van der Waals surface area contributed by atoms with Gasteiger partial charge in [-0.25, -0.2) is 0 Å². The molecule has 0 spiro atoms. The second-order valence-electron chi connectivity index (χ2n) is 20.2. The molecule has 0 saturated carbocycles. The zero-order valence-corrected chi connectivity index (χ0v) is 44.4. The van der Waals surface area contributed by atoms with Crippen LogP contribution in [0, 0.1) is 13.8 Å². The van der Waals surface area contributed by atoms with Crippen molar-refractivity contribution in [3.05, 3.63) is 209 Å². The lowest BCUT2D eigenvalue weighted by molar-refractivity contribution is -0.137.